The van der Waals surface area contributed by atoms with Gasteiger partial charge in [0, 0.05) is 12.2 Å². The second kappa shape index (κ2) is 12.2. The van der Waals surface area contributed by atoms with Crippen molar-refractivity contribution in [1.82, 2.24) is 0 Å². The van der Waals surface area contributed by atoms with Crippen LogP contribution in [0, 0.1) is 0 Å². The van der Waals surface area contributed by atoms with Crippen molar-refractivity contribution >= 4 is 11.9 Å². The van der Waals surface area contributed by atoms with E-state index < -0.39 is 17.5 Å². The molecule has 0 aliphatic rings. The van der Waals surface area contributed by atoms with Gasteiger partial charge in [-0.05, 0) is 31.7 Å². The maximum Gasteiger partial charge on any atom is 0.369 e. The molecule has 0 unspecified atom stereocenters. The first-order valence-electron chi connectivity index (χ1n) is 7.82. The van der Waals surface area contributed by atoms with Crippen LogP contribution in [0.3, 0.4) is 0 Å². The topological polar surface area (TPSA) is 71.1 Å². The number of hydrogen-bond donors (Lipinski definition) is 0. The Morgan fingerprint density at radius 3 is 2.27 bits per heavy atom. The summed E-state index contributed by atoms with van der Waals surface area (Å²) in [4.78, 5) is 31.9. The maximum atomic E-state index is 11.3. The first-order valence-corrected chi connectivity index (χ1v) is 7.82. The van der Waals surface area contributed by atoms with E-state index >= 15 is 0 Å². The Morgan fingerprint density at radius 2 is 1.64 bits per heavy atom. The van der Waals surface area contributed by atoms with Crippen molar-refractivity contribution in [2.75, 3.05) is 6.61 Å². The second-order valence-electron chi connectivity index (χ2n) is 5.62. The molecule has 0 aromatic carbocycles. The van der Waals surface area contributed by atoms with E-state index in [2.05, 4.69) is 16.8 Å². The zero-order chi connectivity index (χ0) is 16.8. The van der Waals surface area contributed by atoms with Crippen LogP contribution >= 0.6 is 0 Å². The van der Waals surface area contributed by atoms with Gasteiger partial charge in [-0.25, -0.2) is 9.59 Å². The summed E-state index contributed by atoms with van der Waals surface area (Å²) in [5.41, 5.74) is -0.545. The lowest BCUT2D eigenvalue weighted by molar-refractivity contribution is -0.515. The predicted molar refractivity (Wildman–Crippen MR) is 81.5 cm³/mol. The number of unbranched alkanes of at least 4 members (excludes halogenated alkanes) is 3. The van der Waals surface area contributed by atoms with Crippen LogP contribution < -0.4 is 0 Å². The van der Waals surface area contributed by atoms with Gasteiger partial charge in [-0.2, -0.15) is 4.89 Å². The average molecular weight is 316 g/mol. The number of hydrogen-bond acceptors (Lipinski definition) is 6. The van der Waals surface area contributed by atoms with Crippen molar-refractivity contribution < 1.29 is 29.1 Å². The smallest absolute Gasteiger partial charge is 0.369 e. The fraction of sp³-hybridized carbons (Fsp3) is 0.750. The standard InChI is InChI=1S/C16H28O6/c1-5-7-8-9-13-19-14(17)10-11-15(18)20-22-21-16(3,4)12-6-2/h10-11H,5-9,12-13H2,1-4H3/b11-10+. The van der Waals surface area contributed by atoms with E-state index in [4.69, 9.17) is 9.62 Å². The molecule has 0 saturated heterocycles. The number of rotatable bonds is 12. The molecule has 0 bridgehead atoms. The van der Waals surface area contributed by atoms with Gasteiger partial charge in [-0.1, -0.05) is 39.5 Å². The molecule has 0 atom stereocenters. The lowest BCUT2D eigenvalue weighted by Gasteiger charge is -2.20. The molecule has 0 aromatic rings. The molecule has 0 saturated carbocycles. The van der Waals surface area contributed by atoms with Gasteiger partial charge in [-0.3, -0.25) is 4.89 Å². The van der Waals surface area contributed by atoms with E-state index in [0.717, 1.165) is 50.7 Å². The largest absolute Gasteiger partial charge is 0.463 e. The summed E-state index contributed by atoms with van der Waals surface area (Å²) in [6.45, 7) is 8.10. The molecule has 0 aromatic heterocycles. The van der Waals surface area contributed by atoms with E-state index in [1.165, 1.54) is 0 Å². The molecular weight excluding hydrogens is 288 g/mol. The molecule has 0 fully saturated rings. The highest BCUT2D eigenvalue weighted by Crippen LogP contribution is 2.16. The first-order chi connectivity index (χ1) is 10.4. The lowest BCUT2D eigenvalue weighted by atomic mass is 10.0. The van der Waals surface area contributed by atoms with Crippen LogP contribution in [0.2, 0.25) is 0 Å². The van der Waals surface area contributed by atoms with Gasteiger partial charge >= 0.3 is 11.9 Å². The fourth-order valence-corrected chi connectivity index (χ4v) is 1.70. The van der Waals surface area contributed by atoms with Crippen molar-refractivity contribution in [2.45, 2.75) is 71.8 Å². The van der Waals surface area contributed by atoms with E-state index in [9.17, 15) is 9.59 Å². The van der Waals surface area contributed by atoms with Crippen LogP contribution in [0.5, 0.6) is 0 Å². The number of esters is 1. The van der Waals surface area contributed by atoms with Crippen molar-refractivity contribution in [3.05, 3.63) is 12.2 Å². The molecule has 0 spiro atoms. The van der Waals surface area contributed by atoms with Gasteiger partial charge in [0.1, 0.15) is 5.60 Å². The molecule has 0 heterocycles. The van der Waals surface area contributed by atoms with Crippen molar-refractivity contribution in [3.63, 3.8) is 0 Å². The first kappa shape index (κ1) is 20.6. The summed E-state index contributed by atoms with van der Waals surface area (Å²) in [6, 6.07) is 0. The Morgan fingerprint density at radius 1 is 0.955 bits per heavy atom. The maximum absolute atomic E-state index is 11.3. The molecule has 0 rings (SSSR count). The quantitative estimate of drug-likeness (QED) is 0.180. The van der Waals surface area contributed by atoms with Gasteiger partial charge in [0.2, 0.25) is 0 Å². The van der Waals surface area contributed by atoms with Crippen molar-refractivity contribution in [3.8, 4) is 0 Å². The second-order valence-corrected chi connectivity index (χ2v) is 5.62. The average Bonchev–Trinajstić information content (AvgIpc) is 2.44. The zero-order valence-electron chi connectivity index (χ0n) is 14.1. The zero-order valence-corrected chi connectivity index (χ0v) is 14.1. The molecule has 6 nitrogen and oxygen atoms in total. The normalized spacial score (nSPS) is 11.6. The van der Waals surface area contributed by atoms with E-state index in [1.54, 1.807) is 0 Å². The summed E-state index contributed by atoms with van der Waals surface area (Å²) in [7, 11) is 0. The molecular formula is C16H28O6. The molecule has 6 heteroatoms. The van der Waals surface area contributed by atoms with Crippen LogP contribution in [-0.4, -0.2) is 24.1 Å². The molecule has 0 amide bonds. The third-order valence-corrected chi connectivity index (χ3v) is 2.83. The van der Waals surface area contributed by atoms with Gasteiger partial charge < -0.3 is 4.74 Å². The minimum absolute atomic E-state index is 0.350. The van der Waals surface area contributed by atoms with Crippen LogP contribution in [0.4, 0.5) is 0 Å². The molecule has 0 aliphatic carbocycles. The van der Waals surface area contributed by atoms with E-state index in [-0.39, 0.29) is 0 Å². The monoisotopic (exact) mass is 316 g/mol. The molecule has 0 radical (unpaired) electrons. The van der Waals surface area contributed by atoms with Gasteiger partial charge in [-0.15, -0.1) is 0 Å². The molecule has 128 valence electrons. The predicted octanol–water partition coefficient (Wildman–Crippen LogP) is 3.65. The molecule has 0 aliphatic heterocycles. The summed E-state index contributed by atoms with van der Waals surface area (Å²) >= 11 is 0. The highest BCUT2D eigenvalue weighted by Gasteiger charge is 2.19. The van der Waals surface area contributed by atoms with Crippen molar-refractivity contribution in [2.24, 2.45) is 0 Å². The van der Waals surface area contributed by atoms with Crippen molar-refractivity contribution in [1.29, 1.82) is 0 Å². The number of carbonyl (C=O) groups is 2. The minimum atomic E-state index is -0.838. The third-order valence-electron chi connectivity index (χ3n) is 2.83. The van der Waals surface area contributed by atoms with Crippen LogP contribution in [-0.2, 0) is 29.1 Å². The van der Waals surface area contributed by atoms with Gasteiger partial charge in [0.15, 0.2) is 0 Å². The van der Waals surface area contributed by atoms with Crippen LogP contribution in [0.15, 0.2) is 12.2 Å². The fourth-order valence-electron chi connectivity index (χ4n) is 1.70. The lowest BCUT2D eigenvalue weighted by Crippen LogP contribution is -2.24. The van der Waals surface area contributed by atoms with Gasteiger partial charge in [0.25, 0.3) is 0 Å². The minimum Gasteiger partial charge on any atom is -0.463 e. The van der Waals surface area contributed by atoms with Crippen LogP contribution in [0.25, 0.3) is 0 Å². The summed E-state index contributed by atoms with van der Waals surface area (Å²) < 4.78 is 4.92. The molecule has 0 N–H and O–H groups in total. The number of ether oxygens (including phenoxy) is 1. The Hall–Kier alpha value is -1.40. The van der Waals surface area contributed by atoms with E-state index in [0.29, 0.717) is 6.61 Å². The third kappa shape index (κ3) is 12.3. The Labute approximate surface area is 132 Å². The van der Waals surface area contributed by atoms with Crippen LogP contribution in [0.1, 0.15) is 66.2 Å². The summed E-state index contributed by atoms with van der Waals surface area (Å²) in [6.07, 6.45) is 7.68. The highest BCUT2D eigenvalue weighted by molar-refractivity contribution is 5.91. The SMILES string of the molecule is CCCCCCOC(=O)/C=C/C(=O)OOOC(C)(C)CCC. The Kier molecular flexibility index (Phi) is 11.4. The molecule has 22 heavy (non-hydrogen) atoms. The highest BCUT2D eigenvalue weighted by atomic mass is 17.5. The van der Waals surface area contributed by atoms with E-state index in [1.807, 2.05) is 20.8 Å². The Bertz CT molecular complexity index is 349. The number of carbonyl (C=O) groups excluding carboxylic acids is 2. The summed E-state index contributed by atoms with van der Waals surface area (Å²) in [5, 5.41) is 4.42. The Balaban J connectivity index is 3.79. The summed E-state index contributed by atoms with van der Waals surface area (Å²) in [5.74, 6) is -1.42. The van der Waals surface area contributed by atoms with Gasteiger partial charge in [0.05, 0.1) is 6.61 Å².